The number of ketones is 1. The minimum Gasteiger partial charge on any atom is -0.496 e. The van der Waals surface area contributed by atoms with Crippen molar-refractivity contribution in [3.8, 4) is 11.5 Å². The predicted molar refractivity (Wildman–Crippen MR) is 140 cm³/mol. The first-order valence-electron chi connectivity index (χ1n) is 11.2. The summed E-state index contributed by atoms with van der Waals surface area (Å²) in [5, 5.41) is 0. The van der Waals surface area contributed by atoms with Crippen molar-refractivity contribution in [2.45, 2.75) is 26.9 Å². The average Bonchev–Trinajstić information content (AvgIpc) is 3.20. The molecule has 4 rings (SSSR count). The van der Waals surface area contributed by atoms with Gasteiger partial charge in [-0.25, -0.2) is 0 Å². The number of aryl methyl sites for hydroxylation is 2. The number of carbonyl (C=O) groups is 1. The second-order valence-corrected chi connectivity index (χ2v) is 9.61. The largest absolute Gasteiger partial charge is 0.496 e. The summed E-state index contributed by atoms with van der Waals surface area (Å²) in [6, 6.07) is 26.3. The van der Waals surface area contributed by atoms with E-state index in [1.807, 2.05) is 80.6 Å². The molecule has 4 aromatic rings. The lowest BCUT2D eigenvalue weighted by Gasteiger charge is -2.14. The van der Waals surface area contributed by atoms with Gasteiger partial charge in [-0.2, -0.15) is 0 Å². The van der Waals surface area contributed by atoms with Crippen LogP contribution in [0.15, 0.2) is 84.9 Å². The van der Waals surface area contributed by atoms with Gasteiger partial charge in [0.2, 0.25) is 0 Å². The Kier molecular flexibility index (Phi) is 7.61. The molecule has 0 saturated carbocycles. The average molecular weight is 469 g/mol. The van der Waals surface area contributed by atoms with Gasteiger partial charge < -0.3 is 9.47 Å². The van der Waals surface area contributed by atoms with Crippen LogP contribution in [0.4, 0.5) is 0 Å². The summed E-state index contributed by atoms with van der Waals surface area (Å²) in [6.07, 6.45) is 4.29. The van der Waals surface area contributed by atoms with E-state index in [4.69, 9.17) is 9.47 Å². The third kappa shape index (κ3) is 5.83. The highest BCUT2D eigenvalue weighted by Gasteiger charge is 2.11. The first-order chi connectivity index (χ1) is 16.5. The molecule has 0 aliphatic heterocycles. The molecule has 0 aliphatic carbocycles. The topological polar surface area (TPSA) is 35.5 Å². The smallest absolute Gasteiger partial charge is 0.186 e. The Labute approximate surface area is 205 Å². The van der Waals surface area contributed by atoms with Crippen LogP contribution < -0.4 is 9.47 Å². The Balaban J connectivity index is 1.50. The van der Waals surface area contributed by atoms with E-state index < -0.39 is 0 Å². The first-order valence-corrected chi connectivity index (χ1v) is 12.1. The molecule has 0 saturated heterocycles. The van der Waals surface area contributed by atoms with Gasteiger partial charge in [0, 0.05) is 27.3 Å². The van der Waals surface area contributed by atoms with Crippen LogP contribution in [-0.4, -0.2) is 12.9 Å². The predicted octanol–water partition coefficient (Wildman–Crippen LogP) is 7.44. The maximum Gasteiger partial charge on any atom is 0.186 e. The Morgan fingerprint density at radius 2 is 1.65 bits per heavy atom. The summed E-state index contributed by atoms with van der Waals surface area (Å²) in [5.41, 5.74) is 5.00. The molecule has 3 nitrogen and oxygen atoms in total. The minimum atomic E-state index is 0.0188. The first kappa shape index (κ1) is 23.5. The fraction of sp³-hybridized carbons (Fsp3) is 0.167. The molecule has 34 heavy (non-hydrogen) atoms. The number of benzene rings is 3. The molecule has 0 bridgehead atoms. The van der Waals surface area contributed by atoms with E-state index in [-0.39, 0.29) is 5.78 Å². The van der Waals surface area contributed by atoms with Gasteiger partial charge in [0.15, 0.2) is 5.78 Å². The zero-order valence-electron chi connectivity index (χ0n) is 19.7. The van der Waals surface area contributed by atoms with E-state index >= 15 is 0 Å². The molecule has 0 N–H and O–H groups in total. The van der Waals surface area contributed by atoms with Crippen molar-refractivity contribution < 1.29 is 14.3 Å². The van der Waals surface area contributed by atoms with Crippen LogP contribution in [-0.2, 0) is 13.0 Å². The number of hydrogen-bond donors (Lipinski definition) is 0. The van der Waals surface area contributed by atoms with Gasteiger partial charge >= 0.3 is 0 Å². The van der Waals surface area contributed by atoms with Crippen LogP contribution in [0.2, 0.25) is 0 Å². The zero-order valence-corrected chi connectivity index (χ0v) is 20.5. The van der Waals surface area contributed by atoms with Gasteiger partial charge in [-0.1, -0.05) is 60.7 Å². The van der Waals surface area contributed by atoms with Crippen LogP contribution in [0.5, 0.6) is 11.5 Å². The highest BCUT2D eigenvalue weighted by molar-refractivity contribution is 7.12. The highest BCUT2D eigenvalue weighted by Crippen LogP contribution is 2.27. The molecule has 0 spiro atoms. The van der Waals surface area contributed by atoms with Gasteiger partial charge in [0.05, 0.1) is 7.11 Å². The molecule has 0 unspecified atom stereocenters. The maximum absolute atomic E-state index is 12.6. The summed E-state index contributed by atoms with van der Waals surface area (Å²) < 4.78 is 11.8. The van der Waals surface area contributed by atoms with E-state index in [1.165, 1.54) is 5.56 Å². The molecule has 172 valence electrons. The molecule has 0 fully saturated rings. The van der Waals surface area contributed by atoms with Gasteiger partial charge in [0.25, 0.3) is 0 Å². The summed E-state index contributed by atoms with van der Waals surface area (Å²) in [4.78, 5) is 14.8. The standard InChI is InChI=1S/C30H28O3S/c1-21-17-27(22(2)34-21)28(31)15-13-24-14-16-29(32-3)26(19-24)20-33-30-12-8-7-11-25(30)18-23-9-5-4-6-10-23/h4-17,19H,18,20H2,1-3H3/b15-13+. The van der Waals surface area contributed by atoms with E-state index in [9.17, 15) is 4.79 Å². The van der Waals surface area contributed by atoms with Crippen LogP contribution in [0, 0.1) is 13.8 Å². The van der Waals surface area contributed by atoms with Crippen molar-refractivity contribution in [2.75, 3.05) is 7.11 Å². The third-order valence-electron chi connectivity index (χ3n) is 5.63. The van der Waals surface area contributed by atoms with E-state index in [0.717, 1.165) is 49.9 Å². The normalized spacial score (nSPS) is 11.0. The number of allylic oxidation sites excluding steroid dienone is 1. The van der Waals surface area contributed by atoms with Gasteiger partial charge in [-0.05, 0) is 60.9 Å². The molecule has 1 heterocycles. The van der Waals surface area contributed by atoms with Crippen molar-refractivity contribution in [2.24, 2.45) is 0 Å². The number of carbonyl (C=O) groups excluding carboxylic acids is 1. The molecule has 4 heteroatoms. The third-order valence-corrected chi connectivity index (χ3v) is 6.60. The van der Waals surface area contributed by atoms with Crippen LogP contribution >= 0.6 is 11.3 Å². The molecule has 3 aromatic carbocycles. The second kappa shape index (κ2) is 11.0. The van der Waals surface area contributed by atoms with E-state index in [1.54, 1.807) is 24.5 Å². The van der Waals surface area contributed by atoms with E-state index in [2.05, 4.69) is 18.2 Å². The monoisotopic (exact) mass is 468 g/mol. The Hall–Kier alpha value is -3.63. The zero-order chi connectivity index (χ0) is 23.9. The second-order valence-electron chi connectivity index (χ2n) is 8.15. The Morgan fingerprint density at radius 3 is 2.38 bits per heavy atom. The summed E-state index contributed by atoms with van der Waals surface area (Å²) in [7, 11) is 1.66. The van der Waals surface area contributed by atoms with Crippen LogP contribution in [0.1, 0.15) is 42.4 Å². The molecule has 0 atom stereocenters. The molecule has 1 aromatic heterocycles. The molecular weight excluding hydrogens is 440 g/mol. The molecular formula is C30H28O3S. The fourth-order valence-corrected chi connectivity index (χ4v) is 4.84. The summed E-state index contributed by atoms with van der Waals surface area (Å²) in [6.45, 7) is 4.37. The number of para-hydroxylation sites is 1. The summed E-state index contributed by atoms with van der Waals surface area (Å²) >= 11 is 1.64. The molecule has 0 radical (unpaired) electrons. The number of rotatable bonds is 9. The number of hydrogen-bond acceptors (Lipinski definition) is 4. The number of methoxy groups -OCH3 is 1. The maximum atomic E-state index is 12.6. The lowest BCUT2D eigenvalue weighted by atomic mass is 10.0. The van der Waals surface area contributed by atoms with Gasteiger partial charge in [-0.15, -0.1) is 11.3 Å². The number of ether oxygens (including phenoxy) is 2. The highest BCUT2D eigenvalue weighted by atomic mass is 32.1. The van der Waals surface area contributed by atoms with Crippen molar-refractivity contribution >= 4 is 23.2 Å². The van der Waals surface area contributed by atoms with Crippen molar-refractivity contribution in [3.05, 3.63) is 123 Å². The quantitative estimate of drug-likeness (QED) is 0.189. The van der Waals surface area contributed by atoms with Gasteiger partial charge in [-0.3, -0.25) is 4.79 Å². The fourth-order valence-electron chi connectivity index (χ4n) is 3.91. The molecule has 0 amide bonds. The SMILES string of the molecule is COc1ccc(/C=C/C(=O)c2cc(C)sc2C)cc1COc1ccccc1Cc1ccccc1. The van der Waals surface area contributed by atoms with Crippen molar-refractivity contribution in [3.63, 3.8) is 0 Å². The number of thiophene rings is 1. The van der Waals surface area contributed by atoms with Gasteiger partial charge in [0.1, 0.15) is 18.1 Å². The van der Waals surface area contributed by atoms with E-state index in [0.29, 0.717) is 6.61 Å². The lowest BCUT2D eigenvalue weighted by molar-refractivity contribution is 0.104. The summed E-state index contributed by atoms with van der Waals surface area (Å²) in [5.74, 6) is 1.63. The van der Waals surface area contributed by atoms with Crippen LogP contribution in [0.3, 0.4) is 0 Å². The Morgan fingerprint density at radius 1 is 0.882 bits per heavy atom. The lowest BCUT2D eigenvalue weighted by Crippen LogP contribution is -2.02. The minimum absolute atomic E-state index is 0.0188. The van der Waals surface area contributed by atoms with Crippen molar-refractivity contribution in [1.82, 2.24) is 0 Å². The molecule has 0 aliphatic rings. The van der Waals surface area contributed by atoms with Crippen molar-refractivity contribution in [1.29, 1.82) is 0 Å². The van der Waals surface area contributed by atoms with Crippen LogP contribution in [0.25, 0.3) is 6.08 Å². The Bertz CT molecular complexity index is 1300.